The topological polar surface area (TPSA) is 15.3 Å². The van der Waals surface area contributed by atoms with Gasteiger partial charge in [0.25, 0.3) is 0 Å². The third-order valence-corrected chi connectivity index (χ3v) is 5.43. The normalized spacial score (nSPS) is 27.0. The Bertz CT molecular complexity index is 246. The number of rotatable bonds is 8. The van der Waals surface area contributed by atoms with Crippen LogP contribution in [0.15, 0.2) is 0 Å². The second-order valence-electron chi connectivity index (χ2n) is 7.04. The molecule has 2 aliphatic rings. The van der Waals surface area contributed by atoms with Crippen molar-refractivity contribution in [3.8, 4) is 0 Å². The maximum atomic E-state index is 3.88. The van der Waals surface area contributed by atoms with Gasteiger partial charge in [0.2, 0.25) is 0 Å². The smallest absolute Gasteiger partial charge is 0.0223 e. The van der Waals surface area contributed by atoms with Crippen LogP contribution in [0.4, 0.5) is 0 Å². The van der Waals surface area contributed by atoms with E-state index in [1.165, 1.54) is 83.8 Å². The zero-order valence-electron chi connectivity index (χ0n) is 13.9. The molecule has 1 aliphatic heterocycles. The van der Waals surface area contributed by atoms with Gasteiger partial charge in [-0.1, -0.05) is 39.5 Å². The van der Waals surface area contributed by atoms with Crippen LogP contribution in [0.5, 0.6) is 0 Å². The van der Waals surface area contributed by atoms with E-state index in [9.17, 15) is 0 Å². The lowest BCUT2D eigenvalue weighted by Crippen LogP contribution is -2.50. The van der Waals surface area contributed by atoms with Crippen molar-refractivity contribution in [2.75, 3.05) is 19.6 Å². The molecule has 1 N–H and O–H groups in total. The van der Waals surface area contributed by atoms with Crippen molar-refractivity contribution in [2.45, 2.75) is 90.1 Å². The fourth-order valence-electron chi connectivity index (χ4n) is 4.28. The number of likely N-dealkylation sites (tertiary alicyclic amines) is 1. The van der Waals surface area contributed by atoms with E-state index in [4.69, 9.17) is 0 Å². The first kappa shape index (κ1) is 16.3. The molecule has 0 spiro atoms. The molecular formula is C18H36N2. The van der Waals surface area contributed by atoms with Crippen molar-refractivity contribution in [2.24, 2.45) is 5.92 Å². The van der Waals surface area contributed by atoms with E-state index in [1.54, 1.807) is 0 Å². The lowest BCUT2D eigenvalue weighted by Gasteiger charge is -2.39. The molecule has 0 aromatic rings. The number of nitrogens with zero attached hydrogens (tertiary/aromatic N) is 1. The number of piperidine rings is 1. The number of nitrogens with one attached hydrogen (secondary N) is 1. The first-order valence-electron chi connectivity index (χ1n) is 9.32. The van der Waals surface area contributed by atoms with Gasteiger partial charge in [-0.25, -0.2) is 0 Å². The largest absolute Gasteiger partial charge is 0.312 e. The van der Waals surface area contributed by atoms with Gasteiger partial charge in [-0.3, -0.25) is 4.90 Å². The van der Waals surface area contributed by atoms with Crippen LogP contribution in [0.25, 0.3) is 0 Å². The molecule has 0 aromatic heterocycles. The van der Waals surface area contributed by atoms with Gasteiger partial charge in [-0.05, 0) is 57.5 Å². The van der Waals surface area contributed by atoms with Crippen molar-refractivity contribution in [3.05, 3.63) is 0 Å². The van der Waals surface area contributed by atoms with E-state index in [0.717, 1.165) is 18.0 Å². The summed E-state index contributed by atoms with van der Waals surface area (Å²) in [4.78, 5) is 2.83. The van der Waals surface area contributed by atoms with E-state index < -0.39 is 0 Å². The maximum Gasteiger partial charge on any atom is 0.0223 e. The summed E-state index contributed by atoms with van der Waals surface area (Å²) in [5, 5.41) is 3.88. The Morgan fingerprint density at radius 2 is 1.75 bits per heavy atom. The lowest BCUT2D eigenvalue weighted by molar-refractivity contribution is 0.112. The first-order chi connectivity index (χ1) is 9.85. The van der Waals surface area contributed by atoms with Crippen molar-refractivity contribution in [1.29, 1.82) is 0 Å². The van der Waals surface area contributed by atoms with Crippen LogP contribution in [0.1, 0.15) is 78.1 Å². The summed E-state index contributed by atoms with van der Waals surface area (Å²) in [5.41, 5.74) is 0. The van der Waals surface area contributed by atoms with Gasteiger partial charge in [0.1, 0.15) is 0 Å². The Balaban J connectivity index is 1.89. The van der Waals surface area contributed by atoms with Gasteiger partial charge in [0, 0.05) is 18.6 Å². The molecule has 2 heteroatoms. The van der Waals surface area contributed by atoms with E-state index >= 15 is 0 Å². The maximum absolute atomic E-state index is 3.88. The van der Waals surface area contributed by atoms with Crippen molar-refractivity contribution >= 4 is 0 Å². The Hall–Kier alpha value is -0.0800. The Labute approximate surface area is 126 Å². The molecule has 118 valence electrons. The van der Waals surface area contributed by atoms with Crippen molar-refractivity contribution in [1.82, 2.24) is 10.2 Å². The second kappa shape index (κ2) is 9.04. The molecule has 2 nitrogen and oxygen atoms in total. The Kier molecular flexibility index (Phi) is 7.37. The van der Waals surface area contributed by atoms with E-state index in [0.29, 0.717) is 0 Å². The highest BCUT2D eigenvalue weighted by molar-refractivity contribution is 4.86. The molecule has 1 saturated heterocycles. The summed E-state index contributed by atoms with van der Waals surface area (Å²) in [6.45, 7) is 8.50. The average Bonchev–Trinajstić information content (AvgIpc) is 2.99. The molecule has 0 amide bonds. The highest BCUT2D eigenvalue weighted by atomic mass is 15.2. The average molecular weight is 280 g/mol. The SMILES string of the molecule is CCCNC(CN1CCCCC1CCC)C1CCCC1. The fraction of sp³-hybridized carbons (Fsp3) is 1.00. The van der Waals surface area contributed by atoms with E-state index in [1.807, 2.05) is 0 Å². The minimum Gasteiger partial charge on any atom is -0.312 e. The number of hydrogen-bond donors (Lipinski definition) is 1. The highest BCUT2D eigenvalue weighted by Crippen LogP contribution is 2.30. The number of hydrogen-bond acceptors (Lipinski definition) is 2. The van der Waals surface area contributed by atoms with Crippen LogP contribution in [0.2, 0.25) is 0 Å². The highest BCUT2D eigenvalue weighted by Gasteiger charge is 2.29. The Morgan fingerprint density at radius 3 is 2.45 bits per heavy atom. The van der Waals surface area contributed by atoms with Gasteiger partial charge < -0.3 is 5.32 Å². The van der Waals surface area contributed by atoms with E-state index in [-0.39, 0.29) is 0 Å². The molecule has 20 heavy (non-hydrogen) atoms. The van der Waals surface area contributed by atoms with Crippen LogP contribution in [-0.4, -0.2) is 36.6 Å². The minimum absolute atomic E-state index is 0.759. The van der Waals surface area contributed by atoms with Crippen LogP contribution in [0, 0.1) is 5.92 Å². The minimum atomic E-state index is 0.759. The van der Waals surface area contributed by atoms with Crippen LogP contribution in [0.3, 0.4) is 0 Å². The summed E-state index contributed by atoms with van der Waals surface area (Å²) in [6, 6.07) is 1.64. The van der Waals surface area contributed by atoms with Gasteiger partial charge >= 0.3 is 0 Å². The third kappa shape index (κ3) is 4.73. The molecule has 0 aromatic carbocycles. The zero-order valence-corrected chi connectivity index (χ0v) is 13.9. The van der Waals surface area contributed by atoms with Gasteiger partial charge in [0.05, 0.1) is 0 Å². The molecule has 2 fully saturated rings. The molecule has 2 rings (SSSR count). The van der Waals surface area contributed by atoms with Gasteiger partial charge in [-0.15, -0.1) is 0 Å². The molecule has 2 atom stereocenters. The molecule has 1 heterocycles. The third-order valence-electron chi connectivity index (χ3n) is 5.43. The van der Waals surface area contributed by atoms with E-state index in [2.05, 4.69) is 24.1 Å². The van der Waals surface area contributed by atoms with Gasteiger partial charge in [0.15, 0.2) is 0 Å². The molecule has 0 radical (unpaired) electrons. The van der Waals surface area contributed by atoms with Crippen LogP contribution in [-0.2, 0) is 0 Å². The summed E-state index contributed by atoms with van der Waals surface area (Å²) >= 11 is 0. The van der Waals surface area contributed by atoms with Gasteiger partial charge in [-0.2, -0.15) is 0 Å². The molecule has 1 aliphatic carbocycles. The second-order valence-corrected chi connectivity index (χ2v) is 7.04. The molecular weight excluding hydrogens is 244 g/mol. The predicted octanol–water partition coefficient (Wildman–Crippen LogP) is 4.20. The predicted molar refractivity (Wildman–Crippen MR) is 88.2 cm³/mol. The van der Waals surface area contributed by atoms with Crippen molar-refractivity contribution in [3.63, 3.8) is 0 Å². The summed E-state index contributed by atoms with van der Waals surface area (Å²) in [7, 11) is 0. The van der Waals surface area contributed by atoms with Crippen LogP contribution >= 0.6 is 0 Å². The summed E-state index contributed by atoms with van der Waals surface area (Å²) in [5.74, 6) is 0.950. The Morgan fingerprint density at radius 1 is 1.00 bits per heavy atom. The molecule has 1 saturated carbocycles. The molecule has 0 bridgehead atoms. The first-order valence-corrected chi connectivity index (χ1v) is 9.32. The molecule has 2 unspecified atom stereocenters. The van der Waals surface area contributed by atoms with Crippen molar-refractivity contribution < 1.29 is 0 Å². The summed E-state index contributed by atoms with van der Waals surface area (Å²) < 4.78 is 0. The van der Waals surface area contributed by atoms with Crippen LogP contribution < -0.4 is 5.32 Å². The lowest BCUT2D eigenvalue weighted by atomic mass is 9.93. The zero-order chi connectivity index (χ0) is 14.2. The summed E-state index contributed by atoms with van der Waals surface area (Å²) in [6.07, 6.45) is 14.2. The fourth-order valence-corrected chi connectivity index (χ4v) is 4.28. The quantitative estimate of drug-likeness (QED) is 0.717. The monoisotopic (exact) mass is 280 g/mol. The standard InChI is InChI=1S/C18H36N2/c1-3-9-17-12-7-8-14-20(17)15-18(19-13-4-2)16-10-5-6-11-16/h16-19H,3-15H2,1-2H3.